The van der Waals surface area contributed by atoms with Gasteiger partial charge in [-0.05, 0) is 19.1 Å². The molecular weight excluding hydrogens is 388 g/mol. The van der Waals surface area contributed by atoms with E-state index in [1.54, 1.807) is 18.4 Å². The summed E-state index contributed by atoms with van der Waals surface area (Å²) in [6, 6.07) is 4.61. The number of thiazole rings is 1. The second-order valence-electron chi connectivity index (χ2n) is 5.32. The predicted molar refractivity (Wildman–Crippen MR) is 101 cm³/mol. The van der Waals surface area contributed by atoms with Gasteiger partial charge in [0.2, 0.25) is 0 Å². The number of benzene rings is 1. The fraction of sp³-hybridized carbons (Fsp3) is 0.333. The molecule has 0 aliphatic carbocycles. The average molecular weight is 408 g/mol. The molecule has 9 nitrogen and oxygen atoms in total. The molecule has 2 rings (SSSR count). The van der Waals surface area contributed by atoms with Gasteiger partial charge in [-0.3, -0.25) is 14.9 Å². The Kier molecular flexibility index (Phi) is 7.76. The van der Waals surface area contributed by atoms with Gasteiger partial charge >= 0.3 is 11.9 Å². The maximum absolute atomic E-state index is 12.2. The number of ether oxygens (including phenoxy) is 4. The number of hydrogen-bond acceptors (Lipinski definition) is 9. The van der Waals surface area contributed by atoms with Crippen molar-refractivity contribution in [2.24, 2.45) is 0 Å². The summed E-state index contributed by atoms with van der Waals surface area (Å²) in [4.78, 5) is 39.7. The van der Waals surface area contributed by atoms with E-state index in [2.05, 4.69) is 10.3 Å². The second-order valence-corrected chi connectivity index (χ2v) is 6.17. The zero-order valence-corrected chi connectivity index (χ0v) is 16.5. The van der Waals surface area contributed by atoms with E-state index in [1.165, 1.54) is 26.4 Å². The zero-order chi connectivity index (χ0) is 20.5. The lowest BCUT2D eigenvalue weighted by molar-refractivity contribution is -0.142. The summed E-state index contributed by atoms with van der Waals surface area (Å²) >= 11 is 1.15. The van der Waals surface area contributed by atoms with Gasteiger partial charge in [-0.1, -0.05) is 0 Å². The summed E-state index contributed by atoms with van der Waals surface area (Å²) in [5.74, 6) is -0.871. The van der Waals surface area contributed by atoms with Crippen molar-refractivity contribution >= 4 is 34.3 Å². The number of anilines is 1. The molecule has 0 atom stereocenters. The van der Waals surface area contributed by atoms with Crippen LogP contribution in [0.2, 0.25) is 0 Å². The number of amides is 1. The van der Waals surface area contributed by atoms with Crippen LogP contribution in [0.4, 0.5) is 5.13 Å². The highest BCUT2D eigenvalue weighted by Crippen LogP contribution is 2.25. The van der Waals surface area contributed by atoms with Crippen LogP contribution >= 0.6 is 11.3 Å². The number of esters is 2. The molecular formula is C18H20N2O7S. The molecule has 0 spiro atoms. The SMILES string of the molecule is CCOC(=O)Cc1csc(NC(=O)COC(=O)c2ccc(OC)cc2OC)n1. The van der Waals surface area contributed by atoms with Crippen LogP contribution in [0.3, 0.4) is 0 Å². The van der Waals surface area contributed by atoms with Crippen molar-refractivity contribution in [3.05, 3.63) is 34.8 Å². The third-order valence-electron chi connectivity index (χ3n) is 3.39. The highest BCUT2D eigenvalue weighted by atomic mass is 32.1. The van der Waals surface area contributed by atoms with Crippen LogP contribution in [0.5, 0.6) is 11.5 Å². The maximum atomic E-state index is 12.2. The molecule has 0 radical (unpaired) electrons. The third kappa shape index (κ3) is 5.95. The molecule has 0 aliphatic rings. The molecule has 1 aromatic heterocycles. The van der Waals surface area contributed by atoms with Crippen LogP contribution in [0, 0.1) is 0 Å². The summed E-state index contributed by atoms with van der Waals surface area (Å²) in [7, 11) is 2.91. The number of methoxy groups -OCH3 is 2. The first kappa shape index (κ1) is 21.2. The number of carbonyl (C=O) groups is 3. The molecule has 1 amide bonds. The van der Waals surface area contributed by atoms with Crippen LogP contribution in [-0.4, -0.2) is 50.3 Å². The Bertz CT molecular complexity index is 850. The van der Waals surface area contributed by atoms with E-state index in [9.17, 15) is 14.4 Å². The number of aromatic nitrogens is 1. The third-order valence-corrected chi connectivity index (χ3v) is 4.20. The summed E-state index contributed by atoms with van der Waals surface area (Å²) in [5.41, 5.74) is 0.654. The Morgan fingerprint density at radius 3 is 2.61 bits per heavy atom. The molecule has 1 heterocycles. The van der Waals surface area contributed by atoms with Gasteiger partial charge in [0.25, 0.3) is 5.91 Å². The van der Waals surface area contributed by atoms with Gasteiger partial charge in [0, 0.05) is 11.4 Å². The Morgan fingerprint density at radius 1 is 1.14 bits per heavy atom. The quantitative estimate of drug-likeness (QED) is 0.628. The van der Waals surface area contributed by atoms with Crippen molar-refractivity contribution in [3.63, 3.8) is 0 Å². The fourth-order valence-electron chi connectivity index (χ4n) is 2.14. The van der Waals surface area contributed by atoms with E-state index in [0.717, 1.165) is 11.3 Å². The van der Waals surface area contributed by atoms with Crippen LogP contribution in [0.1, 0.15) is 23.0 Å². The zero-order valence-electron chi connectivity index (χ0n) is 15.6. The van der Waals surface area contributed by atoms with Crippen molar-refractivity contribution in [1.29, 1.82) is 0 Å². The first-order valence-electron chi connectivity index (χ1n) is 8.25. The Balaban J connectivity index is 1.88. The topological polar surface area (TPSA) is 113 Å². The lowest BCUT2D eigenvalue weighted by Gasteiger charge is -2.10. The van der Waals surface area contributed by atoms with Crippen LogP contribution < -0.4 is 14.8 Å². The molecule has 10 heteroatoms. The number of rotatable bonds is 9. The highest BCUT2D eigenvalue weighted by Gasteiger charge is 2.17. The fourth-order valence-corrected chi connectivity index (χ4v) is 2.86. The number of hydrogen-bond donors (Lipinski definition) is 1. The average Bonchev–Trinajstić information content (AvgIpc) is 3.12. The van der Waals surface area contributed by atoms with Gasteiger partial charge in [-0.15, -0.1) is 11.3 Å². The van der Waals surface area contributed by atoms with Gasteiger partial charge in [0.1, 0.15) is 17.1 Å². The Hall–Kier alpha value is -3.14. The molecule has 0 bridgehead atoms. The first-order chi connectivity index (χ1) is 13.5. The minimum atomic E-state index is -0.711. The van der Waals surface area contributed by atoms with Crippen molar-refractivity contribution in [3.8, 4) is 11.5 Å². The molecule has 0 unspecified atom stereocenters. The summed E-state index contributed by atoms with van der Waals surface area (Å²) in [6.45, 7) is 1.51. The van der Waals surface area contributed by atoms with Gasteiger partial charge in [0.15, 0.2) is 11.7 Å². The molecule has 1 N–H and O–H groups in total. The normalized spacial score (nSPS) is 10.1. The van der Waals surface area contributed by atoms with Crippen LogP contribution in [0.25, 0.3) is 0 Å². The van der Waals surface area contributed by atoms with Crippen molar-refractivity contribution in [1.82, 2.24) is 4.98 Å². The summed E-state index contributed by atoms with van der Waals surface area (Å²) in [6.07, 6.45) is 0.0203. The maximum Gasteiger partial charge on any atom is 0.342 e. The smallest absolute Gasteiger partial charge is 0.342 e. The minimum Gasteiger partial charge on any atom is -0.497 e. The molecule has 0 fully saturated rings. The van der Waals surface area contributed by atoms with E-state index in [0.29, 0.717) is 16.6 Å². The number of nitrogens with one attached hydrogen (secondary N) is 1. The lowest BCUT2D eigenvalue weighted by atomic mass is 10.2. The van der Waals surface area contributed by atoms with E-state index in [-0.39, 0.29) is 24.3 Å². The predicted octanol–water partition coefficient (Wildman–Crippen LogP) is 2.06. The molecule has 150 valence electrons. The summed E-state index contributed by atoms with van der Waals surface area (Å²) in [5, 5.41) is 4.44. The second kappa shape index (κ2) is 10.3. The monoisotopic (exact) mass is 408 g/mol. The van der Waals surface area contributed by atoms with Crippen molar-refractivity contribution < 1.29 is 33.3 Å². The van der Waals surface area contributed by atoms with Crippen molar-refractivity contribution in [2.75, 3.05) is 32.8 Å². The molecule has 0 saturated carbocycles. The molecule has 2 aromatic rings. The largest absolute Gasteiger partial charge is 0.497 e. The minimum absolute atomic E-state index is 0.0203. The van der Waals surface area contributed by atoms with Gasteiger partial charge in [0.05, 0.1) is 32.9 Å². The Morgan fingerprint density at radius 2 is 1.93 bits per heavy atom. The van der Waals surface area contributed by atoms with E-state index in [4.69, 9.17) is 18.9 Å². The van der Waals surface area contributed by atoms with Crippen LogP contribution in [0.15, 0.2) is 23.6 Å². The van der Waals surface area contributed by atoms with Gasteiger partial charge in [-0.2, -0.15) is 0 Å². The molecule has 0 aliphatic heterocycles. The lowest BCUT2D eigenvalue weighted by Crippen LogP contribution is -2.21. The summed E-state index contributed by atoms with van der Waals surface area (Å²) < 4.78 is 20.1. The van der Waals surface area contributed by atoms with Gasteiger partial charge < -0.3 is 18.9 Å². The standard InChI is InChI=1S/C18H20N2O7S/c1-4-26-16(22)7-11-10-28-18(19-11)20-15(21)9-27-17(23)13-6-5-12(24-2)8-14(13)25-3/h5-6,8,10H,4,7,9H2,1-3H3,(H,19,20,21). The number of carbonyl (C=O) groups excluding carboxylic acids is 3. The molecule has 28 heavy (non-hydrogen) atoms. The number of nitrogens with zero attached hydrogens (tertiary/aromatic N) is 1. The van der Waals surface area contributed by atoms with E-state index >= 15 is 0 Å². The molecule has 1 aromatic carbocycles. The van der Waals surface area contributed by atoms with E-state index < -0.39 is 24.5 Å². The highest BCUT2D eigenvalue weighted by molar-refractivity contribution is 7.13. The molecule has 0 saturated heterocycles. The first-order valence-corrected chi connectivity index (χ1v) is 9.13. The van der Waals surface area contributed by atoms with Gasteiger partial charge in [-0.25, -0.2) is 9.78 Å². The van der Waals surface area contributed by atoms with Crippen LogP contribution in [-0.2, 0) is 25.5 Å². The van der Waals surface area contributed by atoms with E-state index in [1.807, 2.05) is 0 Å². The Labute approximate surface area is 165 Å². The van der Waals surface area contributed by atoms with Crippen molar-refractivity contribution in [2.45, 2.75) is 13.3 Å².